The van der Waals surface area contributed by atoms with Gasteiger partial charge in [-0.25, -0.2) is 0 Å². The first-order chi connectivity index (χ1) is 14.7. The molecular formula is C23H17N3O4. The number of aromatic nitrogens is 2. The highest BCUT2D eigenvalue weighted by Gasteiger charge is 2.15. The molecule has 1 aliphatic heterocycles. The smallest absolute Gasteiger partial charge is 0.255 e. The summed E-state index contributed by atoms with van der Waals surface area (Å²) in [6, 6.07) is 20.1. The fourth-order valence-electron chi connectivity index (χ4n) is 3.18. The number of aryl methyl sites for hydroxylation is 1. The van der Waals surface area contributed by atoms with Gasteiger partial charge in [-0.3, -0.25) is 4.79 Å². The van der Waals surface area contributed by atoms with Crippen molar-refractivity contribution in [1.82, 2.24) is 10.2 Å². The minimum Gasteiger partial charge on any atom is -0.454 e. The molecule has 0 saturated heterocycles. The molecule has 0 fully saturated rings. The first-order valence-electron chi connectivity index (χ1n) is 9.38. The number of nitrogens with one attached hydrogen (secondary N) is 1. The third-order valence-electron chi connectivity index (χ3n) is 4.71. The Morgan fingerprint density at radius 2 is 1.63 bits per heavy atom. The molecule has 1 aromatic heterocycles. The van der Waals surface area contributed by atoms with Crippen LogP contribution in [0.2, 0.25) is 0 Å². The van der Waals surface area contributed by atoms with Gasteiger partial charge >= 0.3 is 0 Å². The SMILES string of the molecule is Cc1cccc(-c2nnc(-c3ccc(C(=O)Nc4ccc5c(c4)OCO5)cc3)o2)c1. The van der Waals surface area contributed by atoms with Gasteiger partial charge in [0.25, 0.3) is 5.91 Å². The van der Waals surface area contributed by atoms with E-state index in [1.807, 2.05) is 31.2 Å². The number of carbonyl (C=O) groups excluding carboxylic acids is 1. The van der Waals surface area contributed by atoms with Crippen LogP contribution in [0.5, 0.6) is 11.5 Å². The van der Waals surface area contributed by atoms with Crippen molar-refractivity contribution in [2.45, 2.75) is 6.92 Å². The lowest BCUT2D eigenvalue weighted by atomic mass is 10.1. The maximum Gasteiger partial charge on any atom is 0.255 e. The zero-order chi connectivity index (χ0) is 20.5. The fourth-order valence-corrected chi connectivity index (χ4v) is 3.18. The lowest BCUT2D eigenvalue weighted by Gasteiger charge is -2.06. The largest absolute Gasteiger partial charge is 0.454 e. The van der Waals surface area contributed by atoms with E-state index in [0.29, 0.717) is 34.5 Å². The molecule has 0 atom stereocenters. The first kappa shape index (κ1) is 17.9. The van der Waals surface area contributed by atoms with Gasteiger partial charge < -0.3 is 19.2 Å². The summed E-state index contributed by atoms with van der Waals surface area (Å²) in [5.74, 6) is 1.91. The van der Waals surface area contributed by atoms with Crippen LogP contribution < -0.4 is 14.8 Å². The number of nitrogens with zero attached hydrogens (tertiary/aromatic N) is 2. The average molecular weight is 399 g/mol. The molecule has 3 aromatic carbocycles. The van der Waals surface area contributed by atoms with Crippen molar-refractivity contribution in [3.8, 4) is 34.4 Å². The standard InChI is InChI=1S/C23H17N3O4/c1-14-3-2-4-17(11-14)23-26-25-22(30-23)16-7-5-15(6-8-16)21(27)24-18-9-10-19-20(12-18)29-13-28-19/h2-12H,13H2,1H3,(H,24,27). The minimum absolute atomic E-state index is 0.190. The molecule has 30 heavy (non-hydrogen) atoms. The van der Waals surface area contributed by atoms with Crippen LogP contribution in [0.25, 0.3) is 22.9 Å². The summed E-state index contributed by atoms with van der Waals surface area (Å²) in [5, 5.41) is 11.1. The van der Waals surface area contributed by atoms with Crippen LogP contribution in [-0.2, 0) is 0 Å². The van der Waals surface area contributed by atoms with Crippen LogP contribution in [0.3, 0.4) is 0 Å². The Bertz CT molecular complexity index is 1230. The summed E-state index contributed by atoms with van der Waals surface area (Å²) in [6.07, 6.45) is 0. The van der Waals surface area contributed by atoms with E-state index in [4.69, 9.17) is 13.9 Å². The molecule has 1 amide bonds. The molecular weight excluding hydrogens is 382 g/mol. The molecule has 0 spiro atoms. The normalized spacial score (nSPS) is 12.0. The van der Waals surface area contributed by atoms with E-state index in [2.05, 4.69) is 15.5 Å². The highest BCUT2D eigenvalue weighted by atomic mass is 16.7. The van der Waals surface area contributed by atoms with Crippen molar-refractivity contribution in [1.29, 1.82) is 0 Å². The molecule has 1 aliphatic rings. The molecule has 2 heterocycles. The topological polar surface area (TPSA) is 86.5 Å². The number of anilines is 1. The number of fused-ring (bicyclic) bond motifs is 1. The Morgan fingerprint density at radius 3 is 2.43 bits per heavy atom. The first-order valence-corrected chi connectivity index (χ1v) is 9.38. The summed E-state index contributed by atoms with van der Waals surface area (Å²) in [7, 11) is 0. The second kappa shape index (κ2) is 7.36. The van der Waals surface area contributed by atoms with Crippen LogP contribution in [0.1, 0.15) is 15.9 Å². The number of hydrogen-bond donors (Lipinski definition) is 1. The molecule has 0 unspecified atom stereocenters. The number of carbonyl (C=O) groups is 1. The van der Waals surface area contributed by atoms with Gasteiger partial charge in [0, 0.05) is 28.4 Å². The van der Waals surface area contributed by atoms with Crippen molar-refractivity contribution in [3.05, 3.63) is 77.9 Å². The van der Waals surface area contributed by atoms with E-state index >= 15 is 0 Å². The van der Waals surface area contributed by atoms with E-state index in [0.717, 1.165) is 16.7 Å². The van der Waals surface area contributed by atoms with Crippen LogP contribution in [0, 0.1) is 6.92 Å². The molecule has 148 valence electrons. The van der Waals surface area contributed by atoms with Crippen molar-refractivity contribution in [2.75, 3.05) is 12.1 Å². The predicted octanol–water partition coefficient (Wildman–Crippen LogP) is 4.69. The van der Waals surface area contributed by atoms with Crippen LogP contribution in [0.15, 0.2) is 71.1 Å². The van der Waals surface area contributed by atoms with Gasteiger partial charge in [0.1, 0.15) is 0 Å². The summed E-state index contributed by atoms with van der Waals surface area (Å²) >= 11 is 0. The maximum atomic E-state index is 12.5. The highest BCUT2D eigenvalue weighted by Crippen LogP contribution is 2.34. The van der Waals surface area contributed by atoms with E-state index in [-0.39, 0.29) is 12.7 Å². The van der Waals surface area contributed by atoms with Crippen LogP contribution in [0.4, 0.5) is 5.69 Å². The number of ether oxygens (including phenoxy) is 2. The van der Waals surface area contributed by atoms with Gasteiger partial charge in [0.2, 0.25) is 18.6 Å². The Kier molecular flexibility index (Phi) is 4.40. The number of hydrogen-bond acceptors (Lipinski definition) is 6. The highest BCUT2D eigenvalue weighted by molar-refractivity contribution is 6.04. The number of rotatable bonds is 4. The van der Waals surface area contributed by atoms with Crippen molar-refractivity contribution >= 4 is 11.6 Å². The molecule has 0 bridgehead atoms. The van der Waals surface area contributed by atoms with Gasteiger partial charge in [0.15, 0.2) is 11.5 Å². The third kappa shape index (κ3) is 3.48. The molecule has 7 heteroatoms. The maximum absolute atomic E-state index is 12.5. The van der Waals surface area contributed by atoms with Crippen LogP contribution in [-0.4, -0.2) is 22.9 Å². The van der Waals surface area contributed by atoms with E-state index in [9.17, 15) is 4.79 Å². The summed E-state index contributed by atoms with van der Waals surface area (Å²) in [6.45, 7) is 2.20. The molecule has 4 aromatic rings. The zero-order valence-electron chi connectivity index (χ0n) is 16.1. The number of amides is 1. The van der Waals surface area contributed by atoms with Gasteiger partial charge in [0.05, 0.1) is 0 Å². The Hall–Kier alpha value is -4.13. The van der Waals surface area contributed by atoms with E-state index in [1.54, 1.807) is 42.5 Å². The second-order valence-corrected chi connectivity index (χ2v) is 6.88. The van der Waals surface area contributed by atoms with E-state index < -0.39 is 0 Å². The molecule has 0 radical (unpaired) electrons. The lowest BCUT2D eigenvalue weighted by molar-refractivity contribution is 0.102. The zero-order valence-corrected chi connectivity index (χ0v) is 16.1. The van der Waals surface area contributed by atoms with Crippen molar-refractivity contribution in [3.63, 3.8) is 0 Å². The Labute approximate surface area is 172 Å². The summed E-state index contributed by atoms with van der Waals surface area (Å²) in [4.78, 5) is 12.5. The Morgan fingerprint density at radius 1 is 0.867 bits per heavy atom. The van der Waals surface area contributed by atoms with Gasteiger partial charge in [-0.05, 0) is 55.5 Å². The summed E-state index contributed by atoms with van der Waals surface area (Å²) in [5.41, 5.74) is 3.86. The monoisotopic (exact) mass is 399 g/mol. The van der Waals surface area contributed by atoms with Crippen molar-refractivity contribution < 1.29 is 18.7 Å². The Balaban J connectivity index is 1.31. The van der Waals surface area contributed by atoms with E-state index in [1.165, 1.54) is 0 Å². The quantitative estimate of drug-likeness (QED) is 0.536. The minimum atomic E-state index is -0.230. The lowest BCUT2D eigenvalue weighted by Crippen LogP contribution is -2.11. The second-order valence-electron chi connectivity index (χ2n) is 6.88. The molecule has 1 N–H and O–H groups in total. The van der Waals surface area contributed by atoms with Gasteiger partial charge in [-0.15, -0.1) is 10.2 Å². The van der Waals surface area contributed by atoms with Crippen LogP contribution >= 0.6 is 0 Å². The predicted molar refractivity (Wildman–Crippen MR) is 110 cm³/mol. The van der Waals surface area contributed by atoms with Crippen molar-refractivity contribution in [2.24, 2.45) is 0 Å². The number of benzene rings is 3. The summed E-state index contributed by atoms with van der Waals surface area (Å²) < 4.78 is 16.4. The fraction of sp³-hybridized carbons (Fsp3) is 0.0870. The molecule has 0 saturated carbocycles. The molecule has 5 rings (SSSR count). The molecule has 7 nitrogen and oxygen atoms in total. The van der Waals surface area contributed by atoms with Gasteiger partial charge in [-0.1, -0.05) is 17.7 Å². The molecule has 0 aliphatic carbocycles. The van der Waals surface area contributed by atoms with Gasteiger partial charge in [-0.2, -0.15) is 0 Å². The average Bonchev–Trinajstić information content (AvgIpc) is 3.43. The third-order valence-corrected chi connectivity index (χ3v) is 4.71.